The molecule has 0 amide bonds. The number of nitriles is 1. The number of nitrogens with one attached hydrogen (secondary N) is 1. The van der Waals surface area contributed by atoms with Crippen LogP contribution in [0.15, 0.2) is 0 Å². The highest BCUT2D eigenvalue weighted by molar-refractivity contribution is 8.00. The SMILES string of the molecule is CS(=O)(=O)CCSCCC(C#N)NC1CC1. The van der Waals surface area contributed by atoms with Crippen molar-refractivity contribution in [1.82, 2.24) is 5.32 Å². The topological polar surface area (TPSA) is 70.0 Å². The first kappa shape index (κ1) is 13.8. The number of rotatable bonds is 8. The molecule has 16 heavy (non-hydrogen) atoms. The molecule has 0 heterocycles. The molecule has 92 valence electrons. The van der Waals surface area contributed by atoms with Gasteiger partial charge in [0.15, 0.2) is 0 Å². The minimum absolute atomic E-state index is 0.0711. The highest BCUT2D eigenvalue weighted by Crippen LogP contribution is 2.20. The van der Waals surface area contributed by atoms with Crippen molar-refractivity contribution in [2.24, 2.45) is 0 Å². The normalized spacial score (nSPS) is 18.0. The van der Waals surface area contributed by atoms with E-state index < -0.39 is 9.84 Å². The summed E-state index contributed by atoms with van der Waals surface area (Å²) in [6, 6.07) is 2.71. The summed E-state index contributed by atoms with van der Waals surface area (Å²) in [5.41, 5.74) is 0. The van der Waals surface area contributed by atoms with E-state index in [1.165, 1.54) is 19.1 Å². The summed E-state index contributed by atoms with van der Waals surface area (Å²) in [7, 11) is -2.84. The van der Waals surface area contributed by atoms with Gasteiger partial charge in [-0.25, -0.2) is 8.42 Å². The maximum Gasteiger partial charge on any atom is 0.148 e. The van der Waals surface area contributed by atoms with Gasteiger partial charge < -0.3 is 0 Å². The van der Waals surface area contributed by atoms with Crippen molar-refractivity contribution < 1.29 is 8.42 Å². The molecule has 6 heteroatoms. The lowest BCUT2D eigenvalue weighted by molar-refractivity contribution is 0.587. The van der Waals surface area contributed by atoms with Crippen LogP contribution < -0.4 is 5.32 Å². The summed E-state index contributed by atoms with van der Waals surface area (Å²) in [4.78, 5) is 0. The monoisotopic (exact) mass is 262 g/mol. The lowest BCUT2D eigenvalue weighted by Crippen LogP contribution is -2.30. The van der Waals surface area contributed by atoms with Gasteiger partial charge in [0.05, 0.1) is 17.9 Å². The summed E-state index contributed by atoms with van der Waals surface area (Å²) in [5, 5.41) is 12.1. The molecule has 1 N–H and O–H groups in total. The van der Waals surface area contributed by atoms with E-state index in [2.05, 4.69) is 11.4 Å². The zero-order valence-electron chi connectivity index (χ0n) is 9.48. The third-order valence-corrected chi connectivity index (χ3v) is 4.54. The summed E-state index contributed by atoms with van der Waals surface area (Å²) in [6.45, 7) is 0. The van der Waals surface area contributed by atoms with E-state index in [1.807, 2.05) is 0 Å². The minimum atomic E-state index is -2.84. The van der Waals surface area contributed by atoms with E-state index in [4.69, 9.17) is 5.26 Å². The van der Waals surface area contributed by atoms with E-state index in [1.54, 1.807) is 11.8 Å². The van der Waals surface area contributed by atoms with Crippen molar-refractivity contribution in [3.05, 3.63) is 0 Å². The summed E-state index contributed by atoms with van der Waals surface area (Å²) in [6.07, 6.45) is 4.40. The molecule has 1 aliphatic rings. The maximum absolute atomic E-state index is 10.9. The fourth-order valence-corrected chi connectivity index (χ4v) is 3.52. The lowest BCUT2D eigenvalue weighted by atomic mass is 10.2. The van der Waals surface area contributed by atoms with Gasteiger partial charge in [0.25, 0.3) is 0 Å². The standard InChI is InChI=1S/C10H18N2O2S2/c1-16(13,14)7-6-15-5-4-10(8-11)12-9-2-3-9/h9-10,12H,2-7H2,1H3. The van der Waals surface area contributed by atoms with Crippen LogP contribution >= 0.6 is 11.8 Å². The molecule has 1 fully saturated rings. The van der Waals surface area contributed by atoms with Gasteiger partial charge in [-0.15, -0.1) is 0 Å². The van der Waals surface area contributed by atoms with Crippen LogP contribution in [0.3, 0.4) is 0 Å². The average Bonchev–Trinajstić information content (AvgIpc) is 2.97. The van der Waals surface area contributed by atoms with Crippen LogP contribution in [-0.4, -0.2) is 44.0 Å². The van der Waals surface area contributed by atoms with E-state index in [9.17, 15) is 8.42 Å². The van der Waals surface area contributed by atoms with E-state index in [-0.39, 0.29) is 11.8 Å². The van der Waals surface area contributed by atoms with Gasteiger partial charge in [0.2, 0.25) is 0 Å². The minimum Gasteiger partial charge on any atom is -0.299 e. The van der Waals surface area contributed by atoms with Gasteiger partial charge in [-0.2, -0.15) is 17.0 Å². The molecule has 0 spiro atoms. The molecular formula is C10H18N2O2S2. The van der Waals surface area contributed by atoms with Crippen molar-refractivity contribution in [2.45, 2.75) is 31.3 Å². The van der Waals surface area contributed by atoms with Crippen LogP contribution in [0.2, 0.25) is 0 Å². The number of sulfone groups is 1. The number of nitrogens with zero attached hydrogens (tertiary/aromatic N) is 1. The Morgan fingerprint density at radius 1 is 1.50 bits per heavy atom. The van der Waals surface area contributed by atoms with Crippen LogP contribution in [-0.2, 0) is 9.84 Å². The quantitative estimate of drug-likeness (QED) is 0.655. The second kappa shape index (κ2) is 6.48. The molecule has 0 aromatic heterocycles. The van der Waals surface area contributed by atoms with Gasteiger partial charge in [-0.05, 0) is 25.0 Å². The molecule has 4 nitrogen and oxygen atoms in total. The molecule has 1 saturated carbocycles. The molecule has 1 unspecified atom stereocenters. The molecule has 1 aliphatic carbocycles. The van der Waals surface area contributed by atoms with E-state index in [0.29, 0.717) is 11.8 Å². The van der Waals surface area contributed by atoms with Crippen LogP contribution in [0.4, 0.5) is 0 Å². The maximum atomic E-state index is 10.9. The van der Waals surface area contributed by atoms with Crippen LogP contribution in [0, 0.1) is 11.3 Å². The van der Waals surface area contributed by atoms with E-state index >= 15 is 0 Å². The van der Waals surface area contributed by atoms with Crippen molar-refractivity contribution in [1.29, 1.82) is 5.26 Å². The number of thioether (sulfide) groups is 1. The summed E-state index contributed by atoms with van der Waals surface area (Å²) in [5.74, 6) is 1.69. The fraction of sp³-hybridized carbons (Fsp3) is 0.900. The van der Waals surface area contributed by atoms with Gasteiger partial charge in [0.1, 0.15) is 9.84 Å². The molecule has 1 rings (SSSR count). The first-order valence-electron chi connectivity index (χ1n) is 5.42. The first-order chi connectivity index (χ1) is 7.51. The van der Waals surface area contributed by atoms with Crippen LogP contribution in [0.25, 0.3) is 0 Å². The van der Waals surface area contributed by atoms with Crippen LogP contribution in [0.5, 0.6) is 0 Å². The Hall–Kier alpha value is -0.250. The third-order valence-electron chi connectivity index (χ3n) is 2.32. The highest BCUT2D eigenvalue weighted by Gasteiger charge is 2.24. The largest absolute Gasteiger partial charge is 0.299 e. The molecule has 0 saturated heterocycles. The zero-order chi connectivity index (χ0) is 12.0. The highest BCUT2D eigenvalue weighted by atomic mass is 32.2. The fourth-order valence-electron chi connectivity index (χ4n) is 1.23. The molecular weight excluding hydrogens is 244 g/mol. The van der Waals surface area contributed by atoms with Crippen molar-refractivity contribution in [3.63, 3.8) is 0 Å². The Labute approximate surface area is 102 Å². The molecule has 0 aliphatic heterocycles. The Morgan fingerprint density at radius 3 is 2.69 bits per heavy atom. The summed E-state index contributed by atoms with van der Waals surface area (Å²) < 4.78 is 21.7. The third kappa shape index (κ3) is 7.09. The van der Waals surface area contributed by atoms with Gasteiger partial charge in [0, 0.05) is 18.1 Å². The van der Waals surface area contributed by atoms with Crippen molar-refractivity contribution in [3.8, 4) is 6.07 Å². The molecule has 0 bridgehead atoms. The molecule has 0 aromatic rings. The Kier molecular flexibility index (Phi) is 5.59. The predicted octanol–water partition coefficient (Wildman–Crippen LogP) is 0.798. The summed E-state index contributed by atoms with van der Waals surface area (Å²) >= 11 is 1.60. The van der Waals surface area contributed by atoms with Crippen molar-refractivity contribution in [2.75, 3.05) is 23.5 Å². The molecule has 1 atom stereocenters. The molecule has 0 radical (unpaired) electrons. The Balaban J connectivity index is 2.02. The lowest BCUT2D eigenvalue weighted by Gasteiger charge is -2.09. The van der Waals surface area contributed by atoms with E-state index in [0.717, 1.165) is 12.2 Å². The number of hydrogen-bond acceptors (Lipinski definition) is 5. The van der Waals surface area contributed by atoms with Gasteiger partial charge in [-0.1, -0.05) is 0 Å². The zero-order valence-corrected chi connectivity index (χ0v) is 11.1. The first-order valence-corrected chi connectivity index (χ1v) is 8.64. The number of hydrogen-bond donors (Lipinski definition) is 1. The Bertz CT molecular complexity index is 344. The smallest absolute Gasteiger partial charge is 0.148 e. The van der Waals surface area contributed by atoms with Crippen LogP contribution in [0.1, 0.15) is 19.3 Å². The molecule has 0 aromatic carbocycles. The van der Waals surface area contributed by atoms with Gasteiger partial charge in [-0.3, -0.25) is 5.32 Å². The van der Waals surface area contributed by atoms with Crippen molar-refractivity contribution >= 4 is 21.6 Å². The Morgan fingerprint density at radius 2 is 2.19 bits per heavy atom. The average molecular weight is 262 g/mol. The van der Waals surface area contributed by atoms with Gasteiger partial charge >= 0.3 is 0 Å². The second-order valence-electron chi connectivity index (χ2n) is 4.15. The second-order valence-corrected chi connectivity index (χ2v) is 7.64. The predicted molar refractivity (Wildman–Crippen MR) is 67.2 cm³/mol.